The van der Waals surface area contributed by atoms with Crippen LogP contribution in [0, 0.1) is 5.92 Å². The van der Waals surface area contributed by atoms with Crippen LogP contribution in [0.2, 0.25) is 0 Å². The predicted molar refractivity (Wildman–Crippen MR) is 113 cm³/mol. The third-order valence-electron chi connectivity index (χ3n) is 5.51. The summed E-state index contributed by atoms with van der Waals surface area (Å²) in [5.41, 5.74) is 8.11. The fourth-order valence-corrected chi connectivity index (χ4v) is 3.82. The first-order valence-corrected chi connectivity index (χ1v) is 9.95. The number of nitrogens with two attached hydrogens (primary N) is 1. The first-order chi connectivity index (χ1) is 14.6. The molecule has 1 aromatic heterocycles. The fourth-order valence-electron chi connectivity index (χ4n) is 3.82. The third-order valence-corrected chi connectivity index (χ3v) is 5.51. The number of methoxy groups -OCH3 is 1. The Kier molecular flexibility index (Phi) is 5.52. The molecule has 7 heteroatoms. The van der Waals surface area contributed by atoms with Gasteiger partial charge in [0.1, 0.15) is 11.4 Å². The smallest absolute Gasteiger partial charge is 0.257 e. The van der Waals surface area contributed by atoms with Gasteiger partial charge in [0.15, 0.2) is 0 Å². The van der Waals surface area contributed by atoms with E-state index in [1.165, 1.54) is 0 Å². The van der Waals surface area contributed by atoms with Gasteiger partial charge in [-0.25, -0.2) is 4.68 Å². The lowest BCUT2D eigenvalue weighted by atomic mass is 9.95. The number of likely N-dealkylation sites (tertiary alicyclic amines) is 1. The molecule has 0 bridgehead atoms. The highest BCUT2D eigenvalue weighted by atomic mass is 16.5. The number of aromatic nitrogens is 2. The van der Waals surface area contributed by atoms with E-state index < -0.39 is 0 Å². The molecule has 2 amide bonds. The molecule has 1 fully saturated rings. The Morgan fingerprint density at radius 2 is 1.70 bits per heavy atom. The SMILES string of the molecule is COc1ccccc1-c1nn(-c2ccccc2)cc1C(=O)N1CCC(C(N)=O)CC1. The molecule has 2 heterocycles. The van der Waals surface area contributed by atoms with Crippen LogP contribution in [-0.2, 0) is 4.79 Å². The molecule has 1 aliphatic rings. The number of carbonyl (C=O) groups excluding carboxylic acids is 2. The molecule has 0 aliphatic carbocycles. The lowest BCUT2D eigenvalue weighted by molar-refractivity contribution is -0.123. The van der Waals surface area contributed by atoms with E-state index in [0.29, 0.717) is 42.9 Å². The number of hydrogen-bond acceptors (Lipinski definition) is 4. The maximum absolute atomic E-state index is 13.4. The van der Waals surface area contributed by atoms with Gasteiger partial charge in [-0.05, 0) is 37.1 Å². The van der Waals surface area contributed by atoms with Crippen LogP contribution in [0.5, 0.6) is 5.75 Å². The molecule has 0 radical (unpaired) electrons. The zero-order chi connectivity index (χ0) is 21.1. The standard InChI is InChI=1S/C23H24N4O3/c1-30-20-10-6-5-9-18(20)21-19(15-27(25-21)17-7-3-2-4-8-17)23(29)26-13-11-16(12-14-26)22(24)28/h2-10,15-16H,11-14H2,1H3,(H2,24,28). The summed E-state index contributed by atoms with van der Waals surface area (Å²) >= 11 is 0. The Morgan fingerprint density at radius 1 is 1.03 bits per heavy atom. The average molecular weight is 404 g/mol. The van der Waals surface area contributed by atoms with Crippen molar-refractivity contribution in [1.29, 1.82) is 0 Å². The van der Waals surface area contributed by atoms with Gasteiger partial charge in [-0.2, -0.15) is 5.10 Å². The summed E-state index contributed by atoms with van der Waals surface area (Å²) in [6.07, 6.45) is 2.93. The number of benzene rings is 2. The van der Waals surface area contributed by atoms with Crippen molar-refractivity contribution in [2.75, 3.05) is 20.2 Å². The number of primary amides is 1. The number of hydrogen-bond donors (Lipinski definition) is 1. The van der Waals surface area contributed by atoms with Gasteiger partial charge in [0.05, 0.1) is 18.4 Å². The molecule has 2 N–H and O–H groups in total. The van der Waals surface area contributed by atoms with Gasteiger partial charge in [-0.3, -0.25) is 9.59 Å². The lowest BCUT2D eigenvalue weighted by Gasteiger charge is -2.30. The monoisotopic (exact) mass is 404 g/mol. The quantitative estimate of drug-likeness (QED) is 0.708. The molecule has 2 aromatic carbocycles. The first-order valence-electron chi connectivity index (χ1n) is 9.95. The van der Waals surface area contributed by atoms with E-state index >= 15 is 0 Å². The summed E-state index contributed by atoms with van der Waals surface area (Å²) in [5, 5.41) is 4.73. The molecule has 30 heavy (non-hydrogen) atoms. The highest BCUT2D eigenvalue weighted by molar-refractivity contribution is 6.00. The summed E-state index contributed by atoms with van der Waals surface area (Å²) in [5.74, 6) is 0.0711. The molecule has 4 rings (SSSR count). The Labute approximate surface area is 175 Å². The normalized spacial score (nSPS) is 14.5. The minimum atomic E-state index is -0.297. The summed E-state index contributed by atoms with van der Waals surface area (Å²) < 4.78 is 7.22. The second-order valence-electron chi connectivity index (χ2n) is 7.34. The van der Waals surface area contributed by atoms with Crippen LogP contribution in [0.15, 0.2) is 60.8 Å². The fraction of sp³-hybridized carbons (Fsp3) is 0.261. The van der Waals surface area contributed by atoms with Crippen molar-refractivity contribution in [2.45, 2.75) is 12.8 Å². The van der Waals surface area contributed by atoms with Crippen LogP contribution in [0.3, 0.4) is 0 Å². The van der Waals surface area contributed by atoms with Crippen LogP contribution in [0.25, 0.3) is 16.9 Å². The molecule has 1 aliphatic heterocycles. The third kappa shape index (κ3) is 3.78. The number of nitrogens with zero attached hydrogens (tertiary/aromatic N) is 3. The van der Waals surface area contributed by atoms with Crippen molar-refractivity contribution in [2.24, 2.45) is 11.7 Å². The van der Waals surface area contributed by atoms with Crippen LogP contribution in [-0.4, -0.2) is 46.7 Å². The second-order valence-corrected chi connectivity index (χ2v) is 7.34. The molecule has 154 valence electrons. The van der Waals surface area contributed by atoms with Gasteiger partial charge in [0.25, 0.3) is 5.91 Å². The van der Waals surface area contributed by atoms with Gasteiger partial charge in [-0.15, -0.1) is 0 Å². The van der Waals surface area contributed by atoms with Crippen molar-refractivity contribution in [1.82, 2.24) is 14.7 Å². The van der Waals surface area contributed by atoms with E-state index in [1.54, 1.807) is 22.9 Å². The maximum atomic E-state index is 13.4. The molecule has 0 spiro atoms. The Bertz CT molecular complexity index is 1050. The first kappa shape index (κ1) is 19.7. The molecule has 7 nitrogen and oxygen atoms in total. The van der Waals surface area contributed by atoms with E-state index in [-0.39, 0.29) is 17.7 Å². The number of amides is 2. The van der Waals surface area contributed by atoms with Crippen LogP contribution < -0.4 is 10.5 Å². The number of para-hydroxylation sites is 2. The van der Waals surface area contributed by atoms with Gasteiger partial charge < -0.3 is 15.4 Å². The Balaban J connectivity index is 1.73. The van der Waals surface area contributed by atoms with Crippen LogP contribution in [0.1, 0.15) is 23.2 Å². The zero-order valence-corrected chi connectivity index (χ0v) is 16.8. The predicted octanol–water partition coefficient (Wildman–Crippen LogP) is 2.89. The number of carbonyl (C=O) groups is 2. The number of rotatable bonds is 5. The largest absolute Gasteiger partial charge is 0.496 e. The van der Waals surface area contributed by atoms with Gasteiger partial charge in [-0.1, -0.05) is 30.3 Å². The topological polar surface area (TPSA) is 90.5 Å². The summed E-state index contributed by atoms with van der Waals surface area (Å²) in [7, 11) is 1.60. The summed E-state index contributed by atoms with van der Waals surface area (Å²) in [6, 6.07) is 17.2. The number of ether oxygens (including phenoxy) is 1. The second kappa shape index (κ2) is 8.41. The van der Waals surface area contributed by atoms with E-state index in [2.05, 4.69) is 0 Å². The Morgan fingerprint density at radius 3 is 2.37 bits per heavy atom. The molecular weight excluding hydrogens is 380 g/mol. The molecule has 0 unspecified atom stereocenters. The van der Waals surface area contributed by atoms with Crippen molar-refractivity contribution in [3.05, 3.63) is 66.4 Å². The van der Waals surface area contributed by atoms with Crippen molar-refractivity contribution in [3.8, 4) is 22.7 Å². The van der Waals surface area contributed by atoms with E-state index in [4.69, 9.17) is 15.6 Å². The average Bonchev–Trinajstić information content (AvgIpc) is 3.24. The Hall–Kier alpha value is -3.61. The van der Waals surface area contributed by atoms with Gasteiger partial charge in [0.2, 0.25) is 5.91 Å². The highest BCUT2D eigenvalue weighted by Crippen LogP contribution is 2.33. The van der Waals surface area contributed by atoms with E-state index in [0.717, 1.165) is 11.3 Å². The zero-order valence-electron chi connectivity index (χ0n) is 16.8. The molecular formula is C23H24N4O3. The molecule has 0 saturated carbocycles. The maximum Gasteiger partial charge on any atom is 0.257 e. The highest BCUT2D eigenvalue weighted by Gasteiger charge is 2.29. The minimum Gasteiger partial charge on any atom is -0.496 e. The number of piperidine rings is 1. The van der Waals surface area contributed by atoms with E-state index in [9.17, 15) is 9.59 Å². The minimum absolute atomic E-state index is 0.110. The van der Waals surface area contributed by atoms with Crippen molar-refractivity contribution >= 4 is 11.8 Å². The lowest BCUT2D eigenvalue weighted by Crippen LogP contribution is -2.41. The summed E-state index contributed by atoms with van der Waals surface area (Å²) in [4.78, 5) is 26.7. The van der Waals surface area contributed by atoms with Gasteiger partial charge in [0, 0.05) is 30.8 Å². The van der Waals surface area contributed by atoms with Crippen molar-refractivity contribution in [3.63, 3.8) is 0 Å². The molecule has 0 atom stereocenters. The van der Waals surface area contributed by atoms with Crippen molar-refractivity contribution < 1.29 is 14.3 Å². The van der Waals surface area contributed by atoms with Crippen LogP contribution in [0.4, 0.5) is 0 Å². The van der Waals surface area contributed by atoms with Crippen LogP contribution >= 0.6 is 0 Å². The summed E-state index contributed by atoms with van der Waals surface area (Å²) in [6.45, 7) is 0.989. The van der Waals surface area contributed by atoms with Gasteiger partial charge >= 0.3 is 0 Å². The van der Waals surface area contributed by atoms with E-state index in [1.807, 2.05) is 54.6 Å². The molecule has 3 aromatic rings. The molecule has 1 saturated heterocycles.